The van der Waals surface area contributed by atoms with Crippen LogP contribution in [0.5, 0.6) is 0 Å². The van der Waals surface area contributed by atoms with E-state index in [1.165, 1.54) is 6.92 Å². The number of aryl methyl sites for hydroxylation is 1. The summed E-state index contributed by atoms with van der Waals surface area (Å²) >= 11 is 0. The van der Waals surface area contributed by atoms with E-state index in [0.717, 1.165) is 11.3 Å². The van der Waals surface area contributed by atoms with Gasteiger partial charge in [0.15, 0.2) is 11.6 Å². The molecule has 1 heterocycles. The number of fused-ring (bicyclic) bond motifs is 1. The number of benzene rings is 1. The molecule has 1 N–H and O–H groups in total. The third kappa shape index (κ3) is 1.65. The van der Waals surface area contributed by atoms with Crippen LogP contribution in [-0.4, -0.2) is 17.6 Å². The molecule has 0 spiro atoms. The predicted octanol–water partition coefficient (Wildman–Crippen LogP) is 1.95. The highest BCUT2D eigenvalue weighted by atomic mass is 16.1. The molecule has 0 saturated heterocycles. The molecule has 15 heavy (non-hydrogen) atoms. The Morgan fingerprint density at radius 3 is 2.87 bits per heavy atom. The van der Waals surface area contributed by atoms with Gasteiger partial charge in [0.05, 0.1) is 6.04 Å². The van der Waals surface area contributed by atoms with Crippen LogP contribution in [0.15, 0.2) is 18.2 Å². The van der Waals surface area contributed by atoms with E-state index in [1.807, 2.05) is 19.1 Å². The topological polar surface area (TPSA) is 46.2 Å². The fourth-order valence-corrected chi connectivity index (χ4v) is 1.86. The second-order valence-electron chi connectivity index (χ2n) is 3.93. The maximum Gasteiger partial charge on any atom is 0.167 e. The van der Waals surface area contributed by atoms with Crippen molar-refractivity contribution in [3.8, 4) is 0 Å². The van der Waals surface area contributed by atoms with E-state index in [-0.39, 0.29) is 24.0 Å². The molecule has 0 aliphatic carbocycles. The third-order valence-electron chi connectivity index (χ3n) is 2.77. The number of hydrogen-bond donors (Lipinski definition) is 1. The van der Waals surface area contributed by atoms with Crippen molar-refractivity contribution >= 4 is 17.3 Å². The molecule has 78 valence electrons. The molecule has 2 rings (SSSR count). The van der Waals surface area contributed by atoms with Crippen molar-refractivity contribution in [3.05, 3.63) is 29.3 Å². The minimum atomic E-state index is -0.355. The van der Waals surface area contributed by atoms with Gasteiger partial charge in [0, 0.05) is 17.7 Å². The molecule has 1 unspecified atom stereocenters. The number of anilines is 1. The lowest BCUT2D eigenvalue weighted by Crippen LogP contribution is -2.35. The first kappa shape index (κ1) is 9.90. The largest absolute Gasteiger partial charge is 0.374 e. The highest BCUT2D eigenvalue weighted by Gasteiger charge is 2.27. The van der Waals surface area contributed by atoms with E-state index in [9.17, 15) is 9.59 Å². The first-order valence-corrected chi connectivity index (χ1v) is 4.99. The second-order valence-corrected chi connectivity index (χ2v) is 3.93. The SMILES string of the molecule is CC(=O)C1CC(=O)c2cccc(C)c2N1. The Bertz CT molecular complexity index is 437. The molecule has 0 fully saturated rings. The van der Waals surface area contributed by atoms with Gasteiger partial charge in [0.2, 0.25) is 0 Å². The number of ketones is 2. The molecular weight excluding hydrogens is 190 g/mol. The van der Waals surface area contributed by atoms with Crippen LogP contribution in [0.3, 0.4) is 0 Å². The highest BCUT2D eigenvalue weighted by molar-refractivity contribution is 6.07. The van der Waals surface area contributed by atoms with Crippen molar-refractivity contribution in [2.24, 2.45) is 0 Å². The van der Waals surface area contributed by atoms with Gasteiger partial charge in [-0.25, -0.2) is 0 Å². The van der Waals surface area contributed by atoms with Crippen molar-refractivity contribution in [3.63, 3.8) is 0 Å². The van der Waals surface area contributed by atoms with E-state index in [4.69, 9.17) is 0 Å². The summed E-state index contributed by atoms with van der Waals surface area (Å²) < 4.78 is 0. The molecule has 3 nitrogen and oxygen atoms in total. The molecule has 1 aliphatic rings. The van der Waals surface area contributed by atoms with Crippen LogP contribution in [0.25, 0.3) is 0 Å². The maximum atomic E-state index is 11.8. The zero-order valence-electron chi connectivity index (χ0n) is 8.83. The highest BCUT2D eigenvalue weighted by Crippen LogP contribution is 2.28. The Labute approximate surface area is 88.5 Å². The monoisotopic (exact) mass is 203 g/mol. The summed E-state index contributed by atoms with van der Waals surface area (Å²) in [5, 5.41) is 3.12. The van der Waals surface area contributed by atoms with Crippen molar-refractivity contribution in [1.82, 2.24) is 0 Å². The van der Waals surface area contributed by atoms with Crippen LogP contribution in [0.2, 0.25) is 0 Å². The van der Waals surface area contributed by atoms with E-state index in [2.05, 4.69) is 5.32 Å². The number of nitrogens with one attached hydrogen (secondary N) is 1. The number of carbonyl (C=O) groups is 2. The lowest BCUT2D eigenvalue weighted by atomic mass is 9.93. The first-order valence-electron chi connectivity index (χ1n) is 4.99. The summed E-state index contributed by atoms with van der Waals surface area (Å²) in [7, 11) is 0. The Morgan fingerprint density at radius 1 is 1.47 bits per heavy atom. The lowest BCUT2D eigenvalue weighted by molar-refractivity contribution is -0.117. The number of carbonyl (C=O) groups excluding carboxylic acids is 2. The average Bonchev–Trinajstić information content (AvgIpc) is 2.19. The van der Waals surface area contributed by atoms with Gasteiger partial charge in [0.1, 0.15) is 0 Å². The van der Waals surface area contributed by atoms with Gasteiger partial charge in [-0.05, 0) is 25.5 Å². The average molecular weight is 203 g/mol. The molecule has 3 heteroatoms. The molecule has 1 aliphatic heterocycles. The van der Waals surface area contributed by atoms with E-state index < -0.39 is 0 Å². The molecule has 1 atom stereocenters. The summed E-state index contributed by atoms with van der Waals surface area (Å²) in [5.74, 6) is 0.0601. The summed E-state index contributed by atoms with van der Waals surface area (Å²) in [6.07, 6.45) is 0.270. The Hall–Kier alpha value is -1.64. The van der Waals surface area contributed by atoms with Crippen molar-refractivity contribution in [2.45, 2.75) is 26.3 Å². The predicted molar refractivity (Wildman–Crippen MR) is 58.2 cm³/mol. The maximum absolute atomic E-state index is 11.8. The fraction of sp³-hybridized carbons (Fsp3) is 0.333. The molecule has 0 radical (unpaired) electrons. The number of para-hydroxylation sites is 1. The minimum Gasteiger partial charge on any atom is -0.374 e. The van der Waals surface area contributed by atoms with Gasteiger partial charge in [0.25, 0.3) is 0 Å². The number of Topliss-reactive ketones (excluding diaryl/α,β-unsaturated/α-hetero) is 2. The summed E-state index contributed by atoms with van der Waals surface area (Å²) in [6, 6.07) is 5.24. The molecule has 1 aromatic carbocycles. The second kappa shape index (κ2) is 3.50. The zero-order chi connectivity index (χ0) is 11.0. The molecular formula is C12H13NO2. The quantitative estimate of drug-likeness (QED) is 0.758. The van der Waals surface area contributed by atoms with Gasteiger partial charge < -0.3 is 5.32 Å². The van der Waals surface area contributed by atoms with Gasteiger partial charge in [-0.1, -0.05) is 12.1 Å². The zero-order valence-corrected chi connectivity index (χ0v) is 8.83. The standard InChI is InChI=1S/C12H13NO2/c1-7-4-3-5-9-11(15)6-10(8(2)14)13-12(7)9/h3-5,10,13H,6H2,1-2H3. The molecule has 0 aromatic heterocycles. The molecule has 0 amide bonds. The van der Waals surface area contributed by atoms with Gasteiger partial charge in [-0.15, -0.1) is 0 Å². The lowest BCUT2D eigenvalue weighted by Gasteiger charge is -2.25. The van der Waals surface area contributed by atoms with Crippen molar-refractivity contribution in [1.29, 1.82) is 0 Å². The molecule has 0 saturated carbocycles. The van der Waals surface area contributed by atoms with E-state index >= 15 is 0 Å². The summed E-state index contributed by atoms with van der Waals surface area (Å²) in [5.41, 5.74) is 2.52. The summed E-state index contributed by atoms with van der Waals surface area (Å²) in [6.45, 7) is 3.44. The molecule has 0 bridgehead atoms. The smallest absolute Gasteiger partial charge is 0.167 e. The van der Waals surface area contributed by atoms with Crippen LogP contribution in [-0.2, 0) is 4.79 Å². The number of rotatable bonds is 1. The van der Waals surface area contributed by atoms with Crippen LogP contribution in [0.1, 0.15) is 29.3 Å². The number of hydrogen-bond acceptors (Lipinski definition) is 3. The normalized spacial score (nSPS) is 19.3. The summed E-state index contributed by atoms with van der Waals surface area (Å²) in [4.78, 5) is 23.0. The van der Waals surface area contributed by atoms with Gasteiger partial charge in [-0.2, -0.15) is 0 Å². The third-order valence-corrected chi connectivity index (χ3v) is 2.77. The van der Waals surface area contributed by atoms with Crippen molar-refractivity contribution < 1.29 is 9.59 Å². The van der Waals surface area contributed by atoms with E-state index in [0.29, 0.717) is 5.56 Å². The fourth-order valence-electron chi connectivity index (χ4n) is 1.86. The van der Waals surface area contributed by atoms with Gasteiger partial charge in [-0.3, -0.25) is 9.59 Å². The Morgan fingerprint density at radius 2 is 2.20 bits per heavy atom. The Kier molecular flexibility index (Phi) is 2.31. The van der Waals surface area contributed by atoms with Crippen molar-refractivity contribution in [2.75, 3.05) is 5.32 Å². The van der Waals surface area contributed by atoms with E-state index in [1.54, 1.807) is 6.07 Å². The minimum absolute atomic E-state index is 0.0113. The van der Waals surface area contributed by atoms with Crippen LogP contribution >= 0.6 is 0 Å². The van der Waals surface area contributed by atoms with Crippen LogP contribution in [0.4, 0.5) is 5.69 Å². The van der Waals surface area contributed by atoms with Gasteiger partial charge >= 0.3 is 0 Å². The Balaban J connectivity index is 2.46. The molecule has 1 aromatic rings. The van der Waals surface area contributed by atoms with Crippen LogP contribution < -0.4 is 5.32 Å². The first-order chi connectivity index (χ1) is 7.09. The van der Waals surface area contributed by atoms with Crippen LogP contribution in [0, 0.1) is 6.92 Å².